The molecule has 1 aliphatic rings. The second-order valence-corrected chi connectivity index (χ2v) is 11.8. The summed E-state index contributed by atoms with van der Waals surface area (Å²) in [6.07, 6.45) is -5.73. The number of rotatable bonds is 13. The summed E-state index contributed by atoms with van der Waals surface area (Å²) in [6.45, 7) is -1.39. The Morgan fingerprint density at radius 3 is 2.02 bits per heavy atom. The normalized spacial score (nSPS) is 15.9. The lowest BCUT2D eigenvalue weighted by molar-refractivity contribution is -0.163. The van der Waals surface area contributed by atoms with Gasteiger partial charge in [0.25, 0.3) is 5.91 Å². The molecule has 14 heteroatoms. The van der Waals surface area contributed by atoms with Crippen LogP contribution in [0.2, 0.25) is 5.02 Å². The van der Waals surface area contributed by atoms with Crippen LogP contribution in [0.25, 0.3) is 0 Å². The van der Waals surface area contributed by atoms with Gasteiger partial charge in [-0.05, 0) is 47.9 Å². The molecule has 2 atom stereocenters. The zero-order valence-corrected chi connectivity index (χ0v) is 27.7. The Morgan fingerprint density at radius 1 is 0.804 bits per heavy atom. The molecule has 51 heavy (non-hydrogen) atoms. The van der Waals surface area contributed by atoms with Crippen molar-refractivity contribution in [1.82, 2.24) is 0 Å². The van der Waals surface area contributed by atoms with Crippen LogP contribution in [0.1, 0.15) is 40.7 Å². The third-order valence-electron chi connectivity index (χ3n) is 8.07. The number of carbonyl (C=O) groups is 4. The highest BCUT2D eigenvalue weighted by Crippen LogP contribution is 2.51. The summed E-state index contributed by atoms with van der Waals surface area (Å²) in [5.74, 6) is -6.34. The number of nitrogens with zero attached hydrogens (tertiary/aromatic N) is 1. The van der Waals surface area contributed by atoms with Gasteiger partial charge in [-0.3, -0.25) is 24.1 Å². The lowest BCUT2D eigenvalue weighted by Gasteiger charge is -2.23. The molecule has 0 saturated heterocycles. The average Bonchev–Trinajstić information content (AvgIpc) is 3.34. The van der Waals surface area contributed by atoms with Crippen molar-refractivity contribution in [3.63, 3.8) is 0 Å². The minimum atomic E-state index is -4.88. The number of carbonyl (C=O) groups excluding carboxylic acids is 4. The highest BCUT2D eigenvalue weighted by molar-refractivity contribution is 6.30. The van der Waals surface area contributed by atoms with Crippen molar-refractivity contribution >= 4 is 41.1 Å². The molecule has 1 heterocycles. The first-order valence-electron chi connectivity index (χ1n) is 15.5. The molecule has 0 unspecified atom stereocenters. The maximum Gasteiger partial charge on any atom is 0.416 e. The summed E-state index contributed by atoms with van der Waals surface area (Å²) < 4.78 is 79.5. The first kappa shape index (κ1) is 36.8. The quantitative estimate of drug-likeness (QED) is 0.0611. The Balaban J connectivity index is 1.39. The molecule has 1 amide bonds. The molecule has 0 saturated carbocycles. The number of esters is 3. The van der Waals surface area contributed by atoms with E-state index >= 15 is 4.39 Å². The minimum Gasteiger partial charge on any atom is -0.496 e. The standard InChI is InChI=1S/C37H30ClF4NO8/c1-48-31-16-13-26(38)19-29(31)36(39)28-15-12-25(37(40,41)42)18-30(28)43(35(36)47)22-51-34(46)27(33(45)50-21-24-10-6-3-7-11-24)14-17-32(44)49-20-23-8-4-2-5-9-23/h2-13,15-16,18-19,27H,14,17,20-22H2,1H3/t27-,36-/m0/s1. The van der Waals surface area contributed by atoms with Crippen LogP contribution >= 0.6 is 11.6 Å². The minimum absolute atomic E-state index is 0.00752. The average molecular weight is 728 g/mol. The fourth-order valence-corrected chi connectivity index (χ4v) is 5.61. The van der Waals surface area contributed by atoms with E-state index in [4.69, 9.17) is 30.5 Å². The van der Waals surface area contributed by atoms with Crippen molar-refractivity contribution in [3.8, 4) is 5.75 Å². The molecular formula is C37H30ClF4NO8. The topological polar surface area (TPSA) is 108 Å². The van der Waals surface area contributed by atoms with Gasteiger partial charge in [-0.15, -0.1) is 0 Å². The maximum atomic E-state index is 17.1. The van der Waals surface area contributed by atoms with E-state index in [-0.39, 0.29) is 24.0 Å². The predicted octanol–water partition coefficient (Wildman–Crippen LogP) is 7.31. The van der Waals surface area contributed by atoms with Gasteiger partial charge in [0.15, 0.2) is 12.6 Å². The lowest BCUT2D eigenvalue weighted by atomic mass is 9.88. The second kappa shape index (κ2) is 15.6. The number of amides is 1. The van der Waals surface area contributed by atoms with Gasteiger partial charge in [0, 0.05) is 22.6 Å². The van der Waals surface area contributed by atoms with Crippen LogP contribution in [0.5, 0.6) is 5.75 Å². The van der Waals surface area contributed by atoms with Gasteiger partial charge in [0.1, 0.15) is 19.0 Å². The summed E-state index contributed by atoms with van der Waals surface area (Å²) in [7, 11) is 1.21. The van der Waals surface area contributed by atoms with Crippen molar-refractivity contribution in [1.29, 1.82) is 0 Å². The largest absolute Gasteiger partial charge is 0.496 e. The van der Waals surface area contributed by atoms with E-state index in [0.717, 1.165) is 12.1 Å². The van der Waals surface area contributed by atoms with Crippen LogP contribution in [0, 0.1) is 5.92 Å². The van der Waals surface area contributed by atoms with Crippen molar-refractivity contribution in [2.24, 2.45) is 5.92 Å². The number of benzene rings is 4. The highest BCUT2D eigenvalue weighted by Gasteiger charge is 2.55. The van der Waals surface area contributed by atoms with Crippen molar-refractivity contribution in [2.45, 2.75) is 37.9 Å². The summed E-state index contributed by atoms with van der Waals surface area (Å²) in [4.78, 5) is 53.5. The van der Waals surface area contributed by atoms with E-state index in [9.17, 15) is 32.3 Å². The molecule has 0 bridgehead atoms. The zero-order valence-electron chi connectivity index (χ0n) is 27.0. The highest BCUT2D eigenvalue weighted by atomic mass is 35.5. The molecule has 5 rings (SSSR count). The number of ether oxygens (including phenoxy) is 4. The molecule has 4 aromatic carbocycles. The van der Waals surface area contributed by atoms with Gasteiger partial charge in [-0.2, -0.15) is 13.2 Å². The Hall–Kier alpha value is -5.43. The lowest BCUT2D eigenvalue weighted by Crippen LogP contribution is -2.41. The first-order valence-corrected chi connectivity index (χ1v) is 15.8. The van der Waals surface area contributed by atoms with Crippen molar-refractivity contribution < 1.29 is 55.7 Å². The number of halogens is 5. The molecule has 0 aromatic heterocycles. The van der Waals surface area contributed by atoms with Crippen LogP contribution in [0.3, 0.4) is 0 Å². The van der Waals surface area contributed by atoms with Crippen LogP contribution in [0.15, 0.2) is 97.1 Å². The van der Waals surface area contributed by atoms with E-state index in [1.807, 2.05) is 0 Å². The van der Waals surface area contributed by atoms with Gasteiger partial charge in [0.05, 0.1) is 18.4 Å². The smallest absolute Gasteiger partial charge is 0.416 e. The second-order valence-electron chi connectivity index (χ2n) is 11.4. The zero-order chi connectivity index (χ0) is 36.8. The van der Waals surface area contributed by atoms with Crippen molar-refractivity contribution in [2.75, 3.05) is 18.7 Å². The number of anilines is 1. The molecule has 0 spiro atoms. The number of fused-ring (bicyclic) bond motifs is 1. The molecule has 4 aromatic rings. The van der Waals surface area contributed by atoms with E-state index in [0.29, 0.717) is 28.2 Å². The molecule has 0 N–H and O–H groups in total. The molecule has 0 radical (unpaired) electrons. The van der Waals surface area contributed by atoms with Gasteiger partial charge in [0.2, 0.25) is 5.67 Å². The Labute approximate surface area is 294 Å². The third-order valence-corrected chi connectivity index (χ3v) is 8.30. The van der Waals surface area contributed by atoms with E-state index < -0.39 is 83.5 Å². The van der Waals surface area contributed by atoms with Crippen LogP contribution in [0.4, 0.5) is 23.2 Å². The van der Waals surface area contributed by atoms with E-state index in [2.05, 4.69) is 0 Å². The van der Waals surface area contributed by atoms with Crippen LogP contribution < -0.4 is 9.64 Å². The monoisotopic (exact) mass is 727 g/mol. The molecule has 1 aliphatic heterocycles. The number of alkyl halides is 4. The van der Waals surface area contributed by atoms with Gasteiger partial charge < -0.3 is 18.9 Å². The molecule has 0 fully saturated rings. The molecular weight excluding hydrogens is 698 g/mol. The number of hydrogen-bond donors (Lipinski definition) is 0. The molecule has 0 aliphatic carbocycles. The SMILES string of the molecule is COc1ccc(Cl)cc1[C@]1(F)C(=O)N(COC(=O)[C@@H](CCC(=O)OCc2ccccc2)C(=O)OCc2ccccc2)c2cc(C(F)(F)F)ccc21. The Kier molecular flexibility index (Phi) is 11.3. The number of hydrogen-bond acceptors (Lipinski definition) is 8. The van der Waals surface area contributed by atoms with Crippen LogP contribution in [-0.4, -0.2) is 37.7 Å². The summed E-state index contributed by atoms with van der Waals surface area (Å²) >= 11 is 6.10. The third kappa shape index (κ3) is 8.31. The summed E-state index contributed by atoms with van der Waals surface area (Å²) in [5.41, 5.74) is -4.45. The fraction of sp³-hybridized carbons (Fsp3) is 0.243. The van der Waals surface area contributed by atoms with E-state index in [1.54, 1.807) is 60.7 Å². The molecule has 266 valence electrons. The summed E-state index contributed by atoms with van der Waals surface area (Å²) in [5, 5.41) is 0.00752. The van der Waals surface area contributed by atoms with Gasteiger partial charge >= 0.3 is 24.1 Å². The summed E-state index contributed by atoms with van der Waals surface area (Å²) in [6, 6.07) is 23.0. The Morgan fingerprint density at radius 2 is 1.41 bits per heavy atom. The van der Waals surface area contributed by atoms with E-state index in [1.165, 1.54) is 19.2 Å². The molecule has 9 nitrogen and oxygen atoms in total. The van der Waals surface area contributed by atoms with Crippen LogP contribution in [-0.2, 0) is 58.4 Å². The fourth-order valence-electron chi connectivity index (χ4n) is 5.43. The first-order chi connectivity index (χ1) is 24.3. The van der Waals surface area contributed by atoms with Gasteiger partial charge in [-0.25, -0.2) is 4.39 Å². The van der Waals surface area contributed by atoms with Gasteiger partial charge in [-0.1, -0.05) is 78.3 Å². The predicted molar refractivity (Wildman–Crippen MR) is 175 cm³/mol. The Bertz CT molecular complexity index is 1910. The number of methoxy groups -OCH3 is 1. The van der Waals surface area contributed by atoms with Crippen molar-refractivity contribution in [3.05, 3.63) is 130 Å². The maximum absolute atomic E-state index is 17.1.